The Hall–Kier alpha value is -4.66. The summed E-state index contributed by atoms with van der Waals surface area (Å²) in [6.45, 7) is 1.22. The summed E-state index contributed by atoms with van der Waals surface area (Å²) >= 11 is 0. The minimum atomic E-state index is -1.09. The molecule has 0 aliphatic rings. The van der Waals surface area contributed by atoms with Crippen LogP contribution in [0.1, 0.15) is 24.5 Å². The van der Waals surface area contributed by atoms with Crippen molar-refractivity contribution in [1.29, 1.82) is 0 Å². The number of nitrogens with one attached hydrogen (secondary N) is 2. The third-order valence-electron chi connectivity index (χ3n) is 5.86. The number of primary amides is 1. The molecule has 5 N–H and O–H groups in total. The first-order valence-electron chi connectivity index (χ1n) is 12.2. The summed E-state index contributed by atoms with van der Waals surface area (Å²) in [4.78, 5) is 48.1. The number of rotatable bonds is 13. The Kier molecular flexibility index (Phi) is 9.99. The van der Waals surface area contributed by atoms with Crippen LogP contribution in [0.15, 0.2) is 78.9 Å². The molecule has 3 aromatic rings. The van der Waals surface area contributed by atoms with E-state index in [1.165, 1.54) is 0 Å². The fraction of sp³-hybridized carbons (Fsp3) is 0.241. The van der Waals surface area contributed by atoms with E-state index in [1.807, 2.05) is 54.6 Å². The van der Waals surface area contributed by atoms with Crippen LogP contribution in [0.2, 0.25) is 0 Å². The third-order valence-corrected chi connectivity index (χ3v) is 5.86. The Morgan fingerprint density at radius 2 is 1.34 bits per heavy atom. The van der Waals surface area contributed by atoms with Crippen LogP contribution in [0.4, 0.5) is 0 Å². The van der Waals surface area contributed by atoms with Crippen LogP contribution in [0.5, 0.6) is 5.75 Å². The number of ether oxygens (including phenoxy) is 1. The Labute approximate surface area is 221 Å². The van der Waals surface area contributed by atoms with Gasteiger partial charge in [0.15, 0.2) is 6.61 Å². The standard InChI is InChI=1S/C29H31N3O6/c1-2-26(33)31-25(17-19-8-12-22(13-9-19)21-6-4-3-5-7-21)29(37)32-24(28(30)36)16-20-10-14-23(15-11-20)38-18-27(34)35/h3-15,24-25H,2,16-18H2,1H3,(H2,30,36)(H,31,33)(H,32,37)(H,34,35)/t24-,25-/m0/s1. The molecule has 0 fully saturated rings. The lowest BCUT2D eigenvalue weighted by Gasteiger charge is -2.22. The molecule has 0 aliphatic heterocycles. The fourth-order valence-corrected chi connectivity index (χ4v) is 3.80. The number of amides is 3. The average molecular weight is 518 g/mol. The molecule has 9 heteroatoms. The quantitative estimate of drug-likeness (QED) is 0.274. The Bertz CT molecular complexity index is 1240. The highest BCUT2D eigenvalue weighted by Crippen LogP contribution is 2.20. The van der Waals surface area contributed by atoms with E-state index in [1.54, 1.807) is 31.2 Å². The van der Waals surface area contributed by atoms with Crippen molar-refractivity contribution in [3.63, 3.8) is 0 Å². The number of carboxylic acids is 1. The average Bonchev–Trinajstić information content (AvgIpc) is 2.92. The topological polar surface area (TPSA) is 148 Å². The molecule has 0 heterocycles. The number of carbonyl (C=O) groups is 4. The van der Waals surface area contributed by atoms with Gasteiger partial charge in [0.1, 0.15) is 17.8 Å². The van der Waals surface area contributed by atoms with E-state index in [4.69, 9.17) is 15.6 Å². The van der Waals surface area contributed by atoms with Crippen molar-refractivity contribution in [3.8, 4) is 16.9 Å². The molecule has 38 heavy (non-hydrogen) atoms. The van der Waals surface area contributed by atoms with Gasteiger partial charge in [0.25, 0.3) is 0 Å². The third kappa shape index (κ3) is 8.48. The zero-order valence-corrected chi connectivity index (χ0v) is 21.1. The van der Waals surface area contributed by atoms with Crippen LogP contribution < -0.4 is 21.1 Å². The monoisotopic (exact) mass is 517 g/mol. The largest absolute Gasteiger partial charge is 0.482 e. The lowest BCUT2D eigenvalue weighted by Crippen LogP contribution is -2.54. The van der Waals surface area contributed by atoms with Crippen molar-refractivity contribution >= 4 is 23.7 Å². The molecule has 0 radical (unpaired) electrons. The second-order valence-electron chi connectivity index (χ2n) is 8.73. The van der Waals surface area contributed by atoms with E-state index < -0.39 is 36.5 Å². The molecule has 3 aromatic carbocycles. The second-order valence-corrected chi connectivity index (χ2v) is 8.73. The molecule has 0 saturated carbocycles. The highest BCUT2D eigenvalue weighted by Gasteiger charge is 2.26. The van der Waals surface area contributed by atoms with E-state index >= 15 is 0 Å². The first kappa shape index (κ1) is 27.9. The maximum atomic E-state index is 13.2. The van der Waals surface area contributed by atoms with Crippen molar-refractivity contribution in [2.75, 3.05) is 6.61 Å². The molecular formula is C29H31N3O6. The maximum Gasteiger partial charge on any atom is 0.341 e. The number of hydrogen-bond acceptors (Lipinski definition) is 5. The smallest absolute Gasteiger partial charge is 0.341 e. The SMILES string of the molecule is CCC(=O)N[C@@H](Cc1ccc(-c2ccccc2)cc1)C(=O)N[C@@H](Cc1ccc(OCC(=O)O)cc1)C(N)=O. The highest BCUT2D eigenvalue weighted by atomic mass is 16.5. The van der Waals surface area contributed by atoms with Gasteiger partial charge in [0.05, 0.1) is 0 Å². The molecule has 0 bridgehead atoms. The van der Waals surface area contributed by atoms with Gasteiger partial charge >= 0.3 is 5.97 Å². The minimum absolute atomic E-state index is 0.112. The Morgan fingerprint density at radius 3 is 1.89 bits per heavy atom. The minimum Gasteiger partial charge on any atom is -0.482 e. The highest BCUT2D eigenvalue weighted by molar-refractivity contribution is 5.92. The van der Waals surface area contributed by atoms with Gasteiger partial charge in [-0.15, -0.1) is 0 Å². The van der Waals surface area contributed by atoms with Gasteiger partial charge in [-0.3, -0.25) is 14.4 Å². The van der Waals surface area contributed by atoms with Gasteiger partial charge in [-0.05, 0) is 34.4 Å². The van der Waals surface area contributed by atoms with Crippen LogP contribution in [-0.4, -0.2) is 47.5 Å². The number of carboxylic acid groups (broad SMARTS) is 1. The van der Waals surface area contributed by atoms with E-state index in [-0.39, 0.29) is 25.2 Å². The Morgan fingerprint density at radius 1 is 0.789 bits per heavy atom. The molecule has 0 spiro atoms. The number of aliphatic carboxylic acids is 1. The normalized spacial score (nSPS) is 12.1. The van der Waals surface area contributed by atoms with Crippen LogP contribution in [0.25, 0.3) is 11.1 Å². The van der Waals surface area contributed by atoms with Crippen molar-refractivity contribution < 1.29 is 29.0 Å². The van der Waals surface area contributed by atoms with E-state index in [2.05, 4.69) is 10.6 Å². The summed E-state index contributed by atoms with van der Waals surface area (Å²) in [5.41, 5.74) is 9.19. The second kappa shape index (κ2) is 13.6. The lowest BCUT2D eigenvalue weighted by atomic mass is 9.99. The molecule has 3 amide bonds. The molecule has 0 aromatic heterocycles. The summed E-state index contributed by atoms with van der Waals surface area (Å²) in [6.07, 6.45) is 0.542. The summed E-state index contributed by atoms with van der Waals surface area (Å²) < 4.78 is 5.11. The fourth-order valence-electron chi connectivity index (χ4n) is 3.80. The van der Waals surface area contributed by atoms with Gasteiger partial charge in [0, 0.05) is 19.3 Å². The molecule has 2 atom stereocenters. The van der Waals surface area contributed by atoms with Crippen LogP contribution in [0, 0.1) is 0 Å². The number of benzene rings is 3. The van der Waals surface area contributed by atoms with Crippen molar-refractivity contribution in [3.05, 3.63) is 90.0 Å². The summed E-state index contributed by atoms with van der Waals surface area (Å²) in [5, 5.41) is 14.1. The number of nitrogens with two attached hydrogens (primary N) is 1. The van der Waals surface area contributed by atoms with E-state index in [9.17, 15) is 19.2 Å². The number of hydrogen-bond donors (Lipinski definition) is 4. The predicted octanol–water partition coefficient (Wildman–Crippen LogP) is 2.47. The first-order valence-corrected chi connectivity index (χ1v) is 12.2. The van der Waals surface area contributed by atoms with Crippen LogP contribution >= 0.6 is 0 Å². The van der Waals surface area contributed by atoms with Crippen LogP contribution in [0.3, 0.4) is 0 Å². The molecule has 0 saturated heterocycles. The molecule has 198 valence electrons. The summed E-state index contributed by atoms with van der Waals surface area (Å²) in [6, 6.07) is 22.1. The number of carbonyl (C=O) groups excluding carboxylic acids is 3. The molecule has 3 rings (SSSR count). The van der Waals surface area contributed by atoms with Gasteiger partial charge < -0.3 is 26.2 Å². The zero-order valence-electron chi connectivity index (χ0n) is 21.1. The van der Waals surface area contributed by atoms with Crippen molar-refractivity contribution in [2.45, 2.75) is 38.3 Å². The predicted molar refractivity (Wildman–Crippen MR) is 142 cm³/mol. The van der Waals surface area contributed by atoms with Gasteiger partial charge in [-0.1, -0.05) is 73.7 Å². The summed E-state index contributed by atoms with van der Waals surface area (Å²) in [5.74, 6) is -2.28. The maximum absolute atomic E-state index is 13.2. The Balaban J connectivity index is 1.69. The van der Waals surface area contributed by atoms with Crippen LogP contribution in [-0.2, 0) is 32.0 Å². The molecule has 9 nitrogen and oxygen atoms in total. The molecule has 0 aliphatic carbocycles. The van der Waals surface area contributed by atoms with Crippen molar-refractivity contribution in [2.24, 2.45) is 5.73 Å². The first-order chi connectivity index (χ1) is 18.2. The molecular weight excluding hydrogens is 486 g/mol. The summed E-state index contributed by atoms with van der Waals surface area (Å²) in [7, 11) is 0. The van der Waals surface area contributed by atoms with Gasteiger partial charge in [-0.2, -0.15) is 0 Å². The van der Waals surface area contributed by atoms with Crippen molar-refractivity contribution in [1.82, 2.24) is 10.6 Å². The lowest BCUT2D eigenvalue weighted by molar-refractivity contribution is -0.139. The van der Waals surface area contributed by atoms with E-state index in [0.29, 0.717) is 11.3 Å². The van der Waals surface area contributed by atoms with E-state index in [0.717, 1.165) is 16.7 Å². The van der Waals surface area contributed by atoms with Gasteiger partial charge in [0.2, 0.25) is 17.7 Å². The molecule has 0 unspecified atom stereocenters. The van der Waals surface area contributed by atoms with Gasteiger partial charge in [-0.25, -0.2) is 4.79 Å². The zero-order chi connectivity index (χ0) is 27.5.